The Bertz CT molecular complexity index is 729. The predicted octanol–water partition coefficient (Wildman–Crippen LogP) is 2.46. The van der Waals surface area contributed by atoms with Crippen LogP contribution in [0.3, 0.4) is 0 Å². The number of nitrogens with zero attached hydrogens (tertiary/aromatic N) is 2. The summed E-state index contributed by atoms with van der Waals surface area (Å²) in [5.41, 5.74) is 0.205. The molecule has 132 valence electrons. The molecule has 2 aromatic rings. The van der Waals surface area contributed by atoms with E-state index < -0.39 is 4.92 Å². The van der Waals surface area contributed by atoms with Crippen molar-refractivity contribution in [2.75, 3.05) is 32.8 Å². The molecule has 0 radical (unpaired) electrons. The minimum atomic E-state index is -0.501. The molecule has 1 aliphatic rings. The Hall–Kier alpha value is -2.29. The number of ether oxygens (including phenoxy) is 1. The van der Waals surface area contributed by atoms with Crippen LogP contribution in [0.2, 0.25) is 0 Å². The van der Waals surface area contributed by atoms with Gasteiger partial charge >= 0.3 is 0 Å². The van der Waals surface area contributed by atoms with Crippen LogP contribution in [0.4, 0.5) is 5.69 Å². The van der Waals surface area contributed by atoms with E-state index in [1.54, 1.807) is 17.4 Å². The minimum Gasteiger partial charge on any atom is -0.379 e. The molecular weight excluding hydrogens is 342 g/mol. The maximum absolute atomic E-state index is 12.4. The van der Waals surface area contributed by atoms with E-state index in [2.05, 4.69) is 16.3 Å². The van der Waals surface area contributed by atoms with Crippen molar-refractivity contribution in [3.8, 4) is 0 Å². The number of carbonyl (C=O) groups is 1. The lowest BCUT2D eigenvalue weighted by atomic mass is 10.1. The normalized spacial score (nSPS) is 16.3. The second-order valence-electron chi connectivity index (χ2n) is 5.70. The second kappa shape index (κ2) is 8.19. The quantitative estimate of drug-likeness (QED) is 0.631. The van der Waals surface area contributed by atoms with E-state index in [1.165, 1.54) is 23.1 Å². The van der Waals surface area contributed by atoms with Gasteiger partial charge in [0.1, 0.15) is 0 Å². The third-order valence-electron chi connectivity index (χ3n) is 4.13. The van der Waals surface area contributed by atoms with Gasteiger partial charge in [-0.05, 0) is 17.5 Å². The van der Waals surface area contributed by atoms with Gasteiger partial charge in [-0.1, -0.05) is 12.1 Å². The molecule has 7 nitrogen and oxygen atoms in total. The Kier molecular flexibility index (Phi) is 5.75. The lowest BCUT2D eigenvalue weighted by Crippen LogP contribution is -2.43. The molecule has 3 rings (SSSR count). The minimum absolute atomic E-state index is 0.0755. The molecule has 0 bridgehead atoms. The molecule has 1 N–H and O–H groups in total. The van der Waals surface area contributed by atoms with Crippen LogP contribution in [0.25, 0.3) is 0 Å². The molecule has 1 atom stereocenters. The van der Waals surface area contributed by atoms with E-state index in [4.69, 9.17) is 4.74 Å². The Morgan fingerprint density at radius 3 is 2.80 bits per heavy atom. The number of carbonyl (C=O) groups excluding carboxylic acids is 1. The first-order valence-corrected chi connectivity index (χ1v) is 8.91. The third-order valence-corrected chi connectivity index (χ3v) is 5.11. The van der Waals surface area contributed by atoms with Gasteiger partial charge in [-0.3, -0.25) is 19.8 Å². The molecular formula is C17H19N3O4S. The summed E-state index contributed by atoms with van der Waals surface area (Å²) in [4.78, 5) is 26.2. The van der Waals surface area contributed by atoms with Gasteiger partial charge in [-0.15, -0.1) is 11.3 Å². The van der Waals surface area contributed by atoms with E-state index in [9.17, 15) is 14.9 Å². The summed E-state index contributed by atoms with van der Waals surface area (Å²) in [6.07, 6.45) is 0. The van der Waals surface area contributed by atoms with Crippen molar-refractivity contribution in [3.63, 3.8) is 0 Å². The molecule has 0 spiro atoms. The Morgan fingerprint density at radius 1 is 1.32 bits per heavy atom. The number of morpholine rings is 1. The molecule has 1 fully saturated rings. The van der Waals surface area contributed by atoms with Crippen molar-refractivity contribution < 1.29 is 14.5 Å². The Labute approximate surface area is 149 Å². The molecule has 0 aliphatic carbocycles. The van der Waals surface area contributed by atoms with E-state index in [0.717, 1.165) is 13.1 Å². The molecule has 25 heavy (non-hydrogen) atoms. The molecule has 1 saturated heterocycles. The molecule has 1 aliphatic heterocycles. The van der Waals surface area contributed by atoms with Gasteiger partial charge in [0.25, 0.3) is 11.6 Å². The van der Waals surface area contributed by atoms with Crippen LogP contribution in [0, 0.1) is 10.1 Å². The molecule has 0 unspecified atom stereocenters. The highest BCUT2D eigenvalue weighted by Crippen LogP contribution is 2.25. The van der Waals surface area contributed by atoms with Crippen molar-refractivity contribution in [2.45, 2.75) is 6.04 Å². The first-order chi connectivity index (χ1) is 12.1. The fraction of sp³-hybridized carbons (Fsp3) is 0.353. The van der Waals surface area contributed by atoms with E-state index in [1.807, 2.05) is 11.4 Å². The van der Waals surface area contributed by atoms with Crippen LogP contribution in [0.15, 0.2) is 41.8 Å². The number of benzene rings is 1. The summed E-state index contributed by atoms with van der Waals surface area (Å²) in [5, 5.41) is 15.8. The van der Waals surface area contributed by atoms with Crippen LogP contribution < -0.4 is 5.32 Å². The largest absolute Gasteiger partial charge is 0.379 e. The van der Waals surface area contributed by atoms with Gasteiger partial charge in [0, 0.05) is 42.2 Å². The highest BCUT2D eigenvalue weighted by Gasteiger charge is 2.24. The summed E-state index contributed by atoms with van der Waals surface area (Å²) >= 11 is 1.66. The van der Waals surface area contributed by atoms with Gasteiger partial charge < -0.3 is 10.1 Å². The number of nitro benzene ring substituents is 1. The first-order valence-electron chi connectivity index (χ1n) is 8.03. The molecule has 1 aromatic carbocycles. The summed E-state index contributed by atoms with van der Waals surface area (Å²) < 4.78 is 5.41. The zero-order chi connectivity index (χ0) is 17.6. The second-order valence-corrected chi connectivity index (χ2v) is 6.68. The molecule has 2 heterocycles. The summed E-state index contributed by atoms with van der Waals surface area (Å²) in [6, 6.07) is 9.90. The van der Waals surface area contributed by atoms with Crippen LogP contribution in [0.1, 0.15) is 21.3 Å². The summed E-state index contributed by atoms with van der Waals surface area (Å²) in [6.45, 7) is 3.44. The summed E-state index contributed by atoms with van der Waals surface area (Å²) in [7, 11) is 0. The zero-order valence-electron chi connectivity index (χ0n) is 13.6. The number of amides is 1. The zero-order valence-corrected chi connectivity index (χ0v) is 14.4. The first kappa shape index (κ1) is 17.5. The summed E-state index contributed by atoms with van der Waals surface area (Å²) in [5.74, 6) is -0.307. The maximum Gasteiger partial charge on any atom is 0.270 e. The maximum atomic E-state index is 12.4. The standard InChI is InChI=1S/C17H19N3O4S/c21-17(13-3-1-4-14(11-13)20(22)23)18-12-15(16-5-2-10-25-16)19-6-8-24-9-7-19/h1-5,10-11,15H,6-9,12H2,(H,18,21)/t15-/m0/s1. The molecule has 1 amide bonds. The smallest absolute Gasteiger partial charge is 0.270 e. The number of rotatable bonds is 6. The lowest BCUT2D eigenvalue weighted by molar-refractivity contribution is -0.384. The fourth-order valence-corrected chi connectivity index (χ4v) is 3.69. The van der Waals surface area contributed by atoms with E-state index in [0.29, 0.717) is 25.3 Å². The number of non-ortho nitro benzene ring substituents is 1. The number of hydrogen-bond donors (Lipinski definition) is 1. The molecule has 1 aromatic heterocycles. The molecule has 8 heteroatoms. The molecule has 0 saturated carbocycles. The predicted molar refractivity (Wildman–Crippen MR) is 94.9 cm³/mol. The highest BCUT2D eigenvalue weighted by atomic mass is 32.1. The SMILES string of the molecule is O=C(NC[C@@H](c1cccs1)N1CCOCC1)c1cccc([N+](=O)[O-])c1. The van der Waals surface area contributed by atoms with Crippen LogP contribution in [-0.4, -0.2) is 48.6 Å². The average molecular weight is 361 g/mol. The number of nitro groups is 1. The lowest BCUT2D eigenvalue weighted by Gasteiger charge is -2.34. The van der Waals surface area contributed by atoms with Crippen molar-refractivity contribution in [1.29, 1.82) is 0 Å². The van der Waals surface area contributed by atoms with Crippen molar-refractivity contribution >= 4 is 22.9 Å². The topological polar surface area (TPSA) is 84.7 Å². The number of hydrogen-bond acceptors (Lipinski definition) is 6. The van der Waals surface area contributed by atoms with Crippen LogP contribution in [0.5, 0.6) is 0 Å². The van der Waals surface area contributed by atoms with Gasteiger partial charge in [0.05, 0.1) is 24.2 Å². The fourth-order valence-electron chi connectivity index (χ4n) is 2.83. The number of thiophene rings is 1. The Morgan fingerprint density at radius 2 is 2.12 bits per heavy atom. The van der Waals surface area contributed by atoms with E-state index >= 15 is 0 Å². The van der Waals surface area contributed by atoms with Crippen LogP contribution in [-0.2, 0) is 4.74 Å². The Balaban J connectivity index is 1.69. The van der Waals surface area contributed by atoms with E-state index in [-0.39, 0.29) is 17.6 Å². The average Bonchev–Trinajstić information content (AvgIpc) is 3.17. The van der Waals surface area contributed by atoms with Gasteiger partial charge in [-0.25, -0.2) is 0 Å². The number of nitrogens with one attached hydrogen (secondary N) is 1. The van der Waals surface area contributed by atoms with Crippen molar-refractivity contribution in [3.05, 3.63) is 62.3 Å². The monoisotopic (exact) mass is 361 g/mol. The third kappa shape index (κ3) is 4.41. The van der Waals surface area contributed by atoms with Crippen molar-refractivity contribution in [2.24, 2.45) is 0 Å². The van der Waals surface area contributed by atoms with Crippen molar-refractivity contribution in [1.82, 2.24) is 10.2 Å². The van der Waals surface area contributed by atoms with Gasteiger partial charge in [-0.2, -0.15) is 0 Å². The van der Waals surface area contributed by atoms with Crippen LogP contribution >= 0.6 is 11.3 Å². The highest BCUT2D eigenvalue weighted by molar-refractivity contribution is 7.10. The van der Waals surface area contributed by atoms with Gasteiger partial charge in [0.2, 0.25) is 0 Å². The van der Waals surface area contributed by atoms with Gasteiger partial charge in [0.15, 0.2) is 0 Å².